The van der Waals surface area contributed by atoms with E-state index in [4.69, 9.17) is 0 Å². The number of aryl methyl sites for hydroxylation is 1. The topological polar surface area (TPSA) is 145 Å². The minimum Gasteiger partial charge on any atom is -0.392 e. The van der Waals surface area contributed by atoms with E-state index in [-0.39, 0.29) is 17.5 Å². The number of likely N-dealkylation sites (tertiary alicyclic amines) is 1. The molecule has 1 aliphatic heterocycles. The number of hydrogen-bond donors (Lipinski definition) is 1. The van der Waals surface area contributed by atoms with Gasteiger partial charge in [0.25, 0.3) is 0 Å². The van der Waals surface area contributed by atoms with Crippen LogP contribution in [0.5, 0.6) is 0 Å². The summed E-state index contributed by atoms with van der Waals surface area (Å²) in [6.07, 6.45) is 6.95. The first kappa shape index (κ1) is 21.9. The molecule has 0 saturated carbocycles. The molecular formula is C15H22BrN7O5. The van der Waals surface area contributed by atoms with Gasteiger partial charge in [-0.1, -0.05) is 15.9 Å². The van der Waals surface area contributed by atoms with Crippen molar-refractivity contribution in [1.82, 2.24) is 24.5 Å². The van der Waals surface area contributed by atoms with Crippen molar-refractivity contribution in [2.45, 2.75) is 32.0 Å². The predicted molar refractivity (Wildman–Crippen MR) is 103 cm³/mol. The highest BCUT2D eigenvalue weighted by Gasteiger charge is 2.17. The third-order valence-electron chi connectivity index (χ3n) is 4.10. The highest BCUT2D eigenvalue weighted by atomic mass is 79.9. The third-order valence-corrected chi connectivity index (χ3v) is 4.46. The van der Waals surface area contributed by atoms with Crippen molar-refractivity contribution in [3.63, 3.8) is 0 Å². The Morgan fingerprint density at radius 1 is 1.07 bits per heavy atom. The lowest BCUT2D eigenvalue weighted by atomic mass is 10.1. The number of rotatable bonds is 7. The Bertz CT molecular complexity index is 780. The average Bonchev–Trinajstić information content (AvgIpc) is 3.31. The number of nitro groups is 2. The van der Waals surface area contributed by atoms with Crippen LogP contribution in [0.4, 0.5) is 11.4 Å². The van der Waals surface area contributed by atoms with Crippen molar-refractivity contribution in [2.24, 2.45) is 0 Å². The highest BCUT2D eigenvalue weighted by molar-refractivity contribution is 9.09. The number of halogens is 1. The molecule has 0 aliphatic carbocycles. The van der Waals surface area contributed by atoms with E-state index in [1.165, 1.54) is 29.5 Å². The van der Waals surface area contributed by atoms with Crippen molar-refractivity contribution >= 4 is 27.3 Å². The van der Waals surface area contributed by atoms with E-state index in [0.29, 0.717) is 19.6 Å². The lowest BCUT2D eigenvalue weighted by Crippen LogP contribution is -2.39. The minimum atomic E-state index is -0.461. The number of aliphatic hydroxyl groups is 1. The lowest BCUT2D eigenvalue weighted by Gasteiger charge is -2.29. The maximum atomic E-state index is 10.5. The zero-order chi connectivity index (χ0) is 20.5. The van der Waals surface area contributed by atoms with Crippen molar-refractivity contribution in [3.8, 4) is 0 Å². The zero-order valence-corrected chi connectivity index (χ0v) is 16.7. The SMILES string of the molecule is O=[N+]([O-])c1cnn(CCBr)c1.O=[N+]([O-])c1cnn(CCN2CCCC(O)C2)c1. The van der Waals surface area contributed by atoms with Gasteiger partial charge in [-0.15, -0.1) is 0 Å². The Hall–Kier alpha value is -2.38. The van der Waals surface area contributed by atoms with Crippen LogP contribution in [0.3, 0.4) is 0 Å². The molecule has 0 bridgehead atoms. The molecule has 1 saturated heterocycles. The fourth-order valence-electron chi connectivity index (χ4n) is 2.70. The summed E-state index contributed by atoms with van der Waals surface area (Å²) in [6, 6.07) is 0. The Labute approximate surface area is 169 Å². The molecule has 1 aliphatic rings. The van der Waals surface area contributed by atoms with Gasteiger partial charge in [0.15, 0.2) is 0 Å². The van der Waals surface area contributed by atoms with Gasteiger partial charge in [0.2, 0.25) is 0 Å². The molecule has 1 N–H and O–H groups in total. The minimum absolute atomic E-state index is 0.0173. The van der Waals surface area contributed by atoms with Gasteiger partial charge >= 0.3 is 11.4 Å². The van der Waals surface area contributed by atoms with Gasteiger partial charge in [-0.2, -0.15) is 10.2 Å². The number of nitrogens with zero attached hydrogens (tertiary/aromatic N) is 7. The Morgan fingerprint density at radius 2 is 1.64 bits per heavy atom. The van der Waals surface area contributed by atoms with E-state index in [1.54, 1.807) is 4.68 Å². The Balaban J connectivity index is 0.000000221. The summed E-state index contributed by atoms with van der Waals surface area (Å²) in [4.78, 5) is 21.9. The van der Waals surface area contributed by atoms with E-state index in [1.807, 2.05) is 0 Å². The molecule has 3 rings (SSSR count). The summed E-state index contributed by atoms with van der Waals surface area (Å²) in [5, 5.41) is 38.6. The fraction of sp³-hybridized carbons (Fsp3) is 0.600. The second-order valence-corrected chi connectivity index (χ2v) is 7.02. The first-order valence-corrected chi connectivity index (χ1v) is 9.81. The van der Waals surface area contributed by atoms with Crippen LogP contribution in [0.1, 0.15) is 12.8 Å². The first-order chi connectivity index (χ1) is 13.4. The van der Waals surface area contributed by atoms with Crippen LogP contribution in [-0.2, 0) is 13.1 Å². The van der Waals surface area contributed by atoms with Gasteiger partial charge < -0.3 is 5.11 Å². The molecule has 1 fully saturated rings. The summed E-state index contributed by atoms with van der Waals surface area (Å²) in [6.45, 7) is 3.67. The number of hydrogen-bond acceptors (Lipinski definition) is 8. The summed E-state index contributed by atoms with van der Waals surface area (Å²) >= 11 is 3.20. The molecule has 1 unspecified atom stereocenters. The lowest BCUT2D eigenvalue weighted by molar-refractivity contribution is -0.385. The monoisotopic (exact) mass is 459 g/mol. The van der Waals surface area contributed by atoms with Crippen LogP contribution in [0.15, 0.2) is 24.8 Å². The molecule has 3 heterocycles. The van der Waals surface area contributed by atoms with E-state index in [9.17, 15) is 25.3 Å². The molecule has 0 amide bonds. The summed E-state index contributed by atoms with van der Waals surface area (Å²) < 4.78 is 3.09. The average molecular weight is 460 g/mol. The smallest absolute Gasteiger partial charge is 0.306 e. The molecule has 2 aromatic rings. The van der Waals surface area contributed by atoms with Gasteiger partial charge in [-0.3, -0.25) is 34.5 Å². The fourth-order valence-corrected chi connectivity index (χ4v) is 3.07. The maximum Gasteiger partial charge on any atom is 0.306 e. The summed E-state index contributed by atoms with van der Waals surface area (Å²) in [5.74, 6) is 0. The van der Waals surface area contributed by atoms with Crippen LogP contribution >= 0.6 is 15.9 Å². The van der Waals surface area contributed by atoms with E-state index >= 15 is 0 Å². The van der Waals surface area contributed by atoms with Gasteiger partial charge in [0.05, 0.1) is 29.0 Å². The maximum absolute atomic E-state index is 10.5. The first-order valence-electron chi connectivity index (χ1n) is 8.69. The molecule has 0 radical (unpaired) electrons. The Morgan fingerprint density at radius 3 is 2.11 bits per heavy atom. The molecule has 1 atom stereocenters. The van der Waals surface area contributed by atoms with Gasteiger partial charge in [-0.25, -0.2) is 0 Å². The summed E-state index contributed by atoms with van der Waals surface area (Å²) in [7, 11) is 0. The molecule has 12 nitrogen and oxygen atoms in total. The van der Waals surface area contributed by atoms with E-state index < -0.39 is 9.85 Å². The molecule has 0 aromatic carbocycles. The molecule has 0 spiro atoms. The number of aliphatic hydroxyl groups excluding tert-OH is 1. The number of aromatic nitrogens is 4. The van der Waals surface area contributed by atoms with Crippen LogP contribution in [0.25, 0.3) is 0 Å². The quantitative estimate of drug-likeness (QED) is 0.371. The van der Waals surface area contributed by atoms with Gasteiger partial charge in [-0.05, 0) is 19.4 Å². The molecular weight excluding hydrogens is 438 g/mol. The molecule has 2 aromatic heterocycles. The predicted octanol–water partition coefficient (Wildman–Crippen LogP) is 1.43. The van der Waals surface area contributed by atoms with Crippen molar-refractivity contribution < 1.29 is 15.0 Å². The van der Waals surface area contributed by atoms with Crippen molar-refractivity contribution in [3.05, 3.63) is 45.0 Å². The standard InChI is InChI=1S/C10H16N4O3.C5H6BrN3O2/c15-10-2-1-3-12(8-10)4-5-13-7-9(6-11-13)14(16)17;6-1-2-8-4-5(3-7-8)9(10)11/h6-7,10,15H,1-5,8H2;3-4H,1-2H2. The van der Waals surface area contributed by atoms with Crippen molar-refractivity contribution in [2.75, 3.05) is 25.0 Å². The molecule has 13 heteroatoms. The molecule has 28 heavy (non-hydrogen) atoms. The highest BCUT2D eigenvalue weighted by Crippen LogP contribution is 2.11. The number of piperidine rings is 1. The second kappa shape index (κ2) is 10.8. The van der Waals surface area contributed by atoms with Crippen LogP contribution in [0.2, 0.25) is 0 Å². The Kier molecular flexibility index (Phi) is 8.47. The number of β-amino-alcohol motifs (C(OH)–C–C–N with tert-alkyl or cyclic N) is 1. The van der Waals surface area contributed by atoms with Crippen LogP contribution in [-0.4, -0.2) is 70.5 Å². The van der Waals surface area contributed by atoms with Crippen molar-refractivity contribution in [1.29, 1.82) is 0 Å². The third kappa shape index (κ3) is 6.98. The van der Waals surface area contributed by atoms with Gasteiger partial charge in [0, 0.05) is 18.4 Å². The zero-order valence-electron chi connectivity index (χ0n) is 15.1. The summed E-state index contributed by atoms with van der Waals surface area (Å²) in [5.41, 5.74) is 0.0506. The normalized spacial score (nSPS) is 17.0. The van der Waals surface area contributed by atoms with E-state index in [2.05, 4.69) is 31.0 Å². The second-order valence-electron chi connectivity index (χ2n) is 6.22. The van der Waals surface area contributed by atoms with Crippen LogP contribution < -0.4 is 0 Å². The van der Waals surface area contributed by atoms with Gasteiger partial charge in [0.1, 0.15) is 24.8 Å². The largest absolute Gasteiger partial charge is 0.392 e. The number of alkyl halides is 1. The molecule has 154 valence electrons. The van der Waals surface area contributed by atoms with E-state index in [0.717, 1.165) is 31.3 Å². The van der Waals surface area contributed by atoms with Crippen LogP contribution in [0, 0.1) is 20.2 Å².